The summed E-state index contributed by atoms with van der Waals surface area (Å²) in [5, 5.41) is 0.769. The van der Waals surface area contributed by atoms with E-state index < -0.39 is 23.1 Å². The number of rotatable bonds is 6. The Morgan fingerprint density at radius 1 is 1.11 bits per heavy atom. The Kier molecular flexibility index (Phi) is 8.58. The highest BCUT2D eigenvalue weighted by Gasteiger charge is 2.36. The number of piperidine rings is 1. The lowest BCUT2D eigenvalue weighted by atomic mass is 9.89. The molecule has 8 nitrogen and oxygen atoms in total. The first kappa shape index (κ1) is 31.5. The predicted molar refractivity (Wildman–Crippen MR) is 173 cm³/mol. The first-order chi connectivity index (χ1) is 22.1. The average Bonchev–Trinajstić information content (AvgIpc) is 3.01. The van der Waals surface area contributed by atoms with E-state index in [1.54, 1.807) is 15.5 Å². The summed E-state index contributed by atoms with van der Waals surface area (Å²) in [5.41, 5.74) is 0.209. The molecule has 5 heterocycles. The van der Waals surface area contributed by atoms with Crippen molar-refractivity contribution in [3.05, 3.63) is 63.8 Å². The summed E-state index contributed by atoms with van der Waals surface area (Å²) < 4.78 is 50.8. The van der Waals surface area contributed by atoms with Gasteiger partial charge in [0.25, 0.3) is 0 Å². The van der Waals surface area contributed by atoms with Gasteiger partial charge in [-0.05, 0) is 63.4 Å². The van der Waals surface area contributed by atoms with Crippen LogP contribution < -0.4 is 10.6 Å². The van der Waals surface area contributed by atoms with Gasteiger partial charge in [0, 0.05) is 64.9 Å². The van der Waals surface area contributed by atoms with Gasteiger partial charge in [0.1, 0.15) is 11.6 Å². The Morgan fingerprint density at radius 3 is 2.52 bits per heavy atom. The molecular formula is C33H35ClF3N5O3S. The van der Waals surface area contributed by atoms with Crippen LogP contribution in [-0.4, -0.2) is 89.0 Å². The van der Waals surface area contributed by atoms with E-state index in [1.807, 2.05) is 11.8 Å². The van der Waals surface area contributed by atoms with E-state index in [0.29, 0.717) is 65.0 Å². The van der Waals surface area contributed by atoms with Crippen molar-refractivity contribution < 1.29 is 22.7 Å². The van der Waals surface area contributed by atoms with E-state index in [-0.39, 0.29) is 34.1 Å². The van der Waals surface area contributed by atoms with Gasteiger partial charge in [0.15, 0.2) is 11.6 Å². The zero-order valence-electron chi connectivity index (χ0n) is 25.5. The number of thioether (sulfide) groups is 1. The third-order valence-electron chi connectivity index (χ3n) is 9.94. The SMILES string of the molecule is C=CC(=O)N1CCN(c2nc(=O)n3c4c(c(-c5cc(F)c(F)cc5F)c(Cl)cc24)SC[C@@H]3CC2CCN(C3COC3)CC2)[C@@H](C)C1. The molecule has 0 saturated carbocycles. The minimum Gasteiger partial charge on any atom is -0.378 e. The van der Waals surface area contributed by atoms with Crippen molar-refractivity contribution in [1.29, 1.82) is 0 Å². The van der Waals surface area contributed by atoms with Crippen LogP contribution in [-0.2, 0) is 9.53 Å². The molecule has 0 unspecified atom stereocenters. The molecule has 46 heavy (non-hydrogen) atoms. The van der Waals surface area contributed by atoms with E-state index in [4.69, 9.17) is 16.3 Å². The lowest BCUT2D eigenvalue weighted by Gasteiger charge is -2.42. The number of aromatic nitrogens is 2. The predicted octanol–water partition coefficient (Wildman–Crippen LogP) is 5.51. The molecule has 2 atom stereocenters. The molecule has 1 amide bonds. The standard InChI is InChI=1S/C33H35ClF3N5O3S/c1-3-28(43)40-8-9-41(18(2)14-40)32-23-11-24(34)29(22-12-26(36)27(37)13-25(22)35)31-30(23)42(33(44)38-32)20(17-46-31)10-19-4-6-39(7-5-19)21-15-45-16-21/h3,11-13,18-21H,1,4-10,14-17H2,2H3/t18-,20-/m0/s1. The molecule has 3 fully saturated rings. The number of hydrogen-bond acceptors (Lipinski definition) is 7. The van der Waals surface area contributed by atoms with Crippen molar-refractivity contribution in [1.82, 2.24) is 19.4 Å². The molecular weight excluding hydrogens is 639 g/mol. The van der Waals surface area contributed by atoms with Gasteiger partial charge in [-0.25, -0.2) is 18.0 Å². The summed E-state index contributed by atoms with van der Waals surface area (Å²) in [7, 11) is 0. The molecule has 3 saturated heterocycles. The Labute approximate surface area is 274 Å². The maximum absolute atomic E-state index is 15.3. The van der Waals surface area contributed by atoms with E-state index in [0.717, 1.165) is 51.6 Å². The number of benzene rings is 2. The zero-order chi connectivity index (χ0) is 32.3. The number of ether oxygens (including phenoxy) is 1. The second-order valence-corrected chi connectivity index (χ2v) is 14.1. The van der Waals surface area contributed by atoms with Crippen LogP contribution in [0.2, 0.25) is 5.02 Å². The molecule has 3 aromatic rings. The maximum Gasteiger partial charge on any atom is 0.350 e. The number of nitrogens with zero attached hydrogens (tertiary/aromatic N) is 5. The van der Waals surface area contributed by atoms with Gasteiger partial charge in [0.05, 0.1) is 29.8 Å². The highest BCUT2D eigenvalue weighted by atomic mass is 35.5. The van der Waals surface area contributed by atoms with Crippen molar-refractivity contribution in [2.75, 3.05) is 56.6 Å². The smallest absolute Gasteiger partial charge is 0.350 e. The van der Waals surface area contributed by atoms with Crippen LogP contribution >= 0.6 is 23.4 Å². The second kappa shape index (κ2) is 12.5. The van der Waals surface area contributed by atoms with Crippen molar-refractivity contribution >= 4 is 46.0 Å². The lowest BCUT2D eigenvalue weighted by Crippen LogP contribution is -2.54. The first-order valence-corrected chi connectivity index (χ1v) is 17.1. The second-order valence-electron chi connectivity index (χ2n) is 12.7. The highest BCUT2D eigenvalue weighted by Crippen LogP contribution is 2.49. The van der Waals surface area contributed by atoms with Crippen molar-refractivity contribution in [3.63, 3.8) is 0 Å². The lowest BCUT2D eigenvalue weighted by molar-refractivity contribution is -0.126. The van der Waals surface area contributed by atoms with Crippen molar-refractivity contribution in [2.24, 2.45) is 5.92 Å². The highest BCUT2D eigenvalue weighted by molar-refractivity contribution is 7.99. The Balaban J connectivity index is 1.32. The van der Waals surface area contributed by atoms with Crippen LogP contribution in [0.15, 0.2) is 40.5 Å². The fourth-order valence-corrected chi connectivity index (χ4v) is 9.11. The number of anilines is 1. The molecule has 2 aromatic carbocycles. The van der Waals surface area contributed by atoms with Crippen LogP contribution in [0.25, 0.3) is 22.0 Å². The third kappa shape index (κ3) is 5.50. The number of piperazine rings is 1. The topological polar surface area (TPSA) is 70.9 Å². The molecule has 0 bridgehead atoms. The summed E-state index contributed by atoms with van der Waals surface area (Å²) in [5.74, 6) is -2.21. The number of carbonyl (C=O) groups is 1. The Morgan fingerprint density at radius 2 is 1.85 bits per heavy atom. The van der Waals surface area contributed by atoms with Gasteiger partial charge in [-0.15, -0.1) is 11.8 Å². The molecule has 0 aliphatic carbocycles. The number of hydrogen-bond donors (Lipinski definition) is 0. The molecule has 0 radical (unpaired) electrons. The van der Waals surface area contributed by atoms with E-state index in [9.17, 15) is 18.4 Å². The maximum atomic E-state index is 15.3. The molecule has 4 aliphatic heterocycles. The van der Waals surface area contributed by atoms with Crippen LogP contribution in [0.1, 0.15) is 32.2 Å². The van der Waals surface area contributed by atoms with Crippen LogP contribution in [0.4, 0.5) is 19.0 Å². The number of amides is 1. The first-order valence-electron chi connectivity index (χ1n) is 15.7. The third-order valence-corrected chi connectivity index (χ3v) is 11.5. The molecule has 13 heteroatoms. The molecule has 244 valence electrons. The minimum atomic E-state index is -1.29. The van der Waals surface area contributed by atoms with Crippen LogP contribution in [0.3, 0.4) is 0 Å². The monoisotopic (exact) mass is 673 g/mol. The minimum absolute atomic E-state index is 0.145. The summed E-state index contributed by atoms with van der Waals surface area (Å²) in [6.07, 6.45) is 4.11. The molecule has 0 spiro atoms. The molecule has 0 N–H and O–H groups in total. The number of halogens is 4. The number of likely N-dealkylation sites (tertiary alicyclic amines) is 1. The van der Waals surface area contributed by atoms with Gasteiger partial charge in [-0.3, -0.25) is 14.3 Å². The summed E-state index contributed by atoms with van der Waals surface area (Å²) >= 11 is 8.33. The van der Waals surface area contributed by atoms with Gasteiger partial charge in [0.2, 0.25) is 5.91 Å². The normalized spacial score (nSPS) is 22.7. The summed E-state index contributed by atoms with van der Waals surface area (Å²) in [6, 6.07) is 3.16. The van der Waals surface area contributed by atoms with Gasteiger partial charge < -0.3 is 14.5 Å². The molecule has 1 aromatic heterocycles. The fourth-order valence-electron chi connectivity index (χ4n) is 7.39. The van der Waals surface area contributed by atoms with E-state index in [1.165, 1.54) is 17.8 Å². The quantitative estimate of drug-likeness (QED) is 0.253. The van der Waals surface area contributed by atoms with Gasteiger partial charge >= 0.3 is 5.69 Å². The van der Waals surface area contributed by atoms with E-state index >= 15 is 4.39 Å². The summed E-state index contributed by atoms with van der Waals surface area (Å²) in [4.78, 5) is 37.8. The average molecular weight is 674 g/mol. The van der Waals surface area contributed by atoms with Gasteiger partial charge in [-0.1, -0.05) is 18.2 Å². The molecule has 4 aliphatic rings. The van der Waals surface area contributed by atoms with Gasteiger partial charge in [-0.2, -0.15) is 4.98 Å². The van der Waals surface area contributed by atoms with Crippen LogP contribution in [0.5, 0.6) is 0 Å². The van der Waals surface area contributed by atoms with Crippen molar-refractivity contribution in [3.8, 4) is 11.1 Å². The molecule has 7 rings (SSSR count). The number of carbonyl (C=O) groups excluding carboxylic acids is 1. The Hall–Kier alpha value is -3.06. The van der Waals surface area contributed by atoms with E-state index in [2.05, 4.69) is 16.5 Å². The Bertz CT molecular complexity index is 1780. The fraction of sp³-hybridized carbons (Fsp3) is 0.485. The summed E-state index contributed by atoms with van der Waals surface area (Å²) in [6.45, 7) is 10.4. The van der Waals surface area contributed by atoms with Crippen molar-refractivity contribution in [2.45, 2.75) is 49.2 Å². The van der Waals surface area contributed by atoms with Crippen LogP contribution in [0, 0.1) is 23.4 Å². The zero-order valence-corrected chi connectivity index (χ0v) is 27.1. The largest absolute Gasteiger partial charge is 0.378 e.